The predicted octanol–water partition coefficient (Wildman–Crippen LogP) is 2.51. The Hall–Kier alpha value is -0.460. The molecule has 0 amide bonds. The van der Waals surface area contributed by atoms with E-state index in [2.05, 4.69) is 4.98 Å². The van der Waals surface area contributed by atoms with Crippen molar-refractivity contribution >= 4 is 28.3 Å². The van der Waals surface area contributed by atoms with E-state index in [0.717, 1.165) is 6.20 Å². The highest BCUT2D eigenvalue weighted by Gasteiger charge is 2.14. The summed E-state index contributed by atoms with van der Waals surface area (Å²) in [7, 11) is 0. The van der Waals surface area contributed by atoms with Crippen molar-refractivity contribution in [1.29, 1.82) is 0 Å². The highest BCUT2D eigenvalue weighted by Crippen LogP contribution is 2.28. The molecule has 0 unspecified atom stereocenters. The van der Waals surface area contributed by atoms with Gasteiger partial charge in [-0.15, -0.1) is 0 Å². The fourth-order valence-electron chi connectivity index (χ4n) is 0.788. The molecule has 0 aromatic carbocycles. The molecule has 2 nitrogen and oxygen atoms in total. The van der Waals surface area contributed by atoms with Crippen LogP contribution in [0.3, 0.4) is 0 Å². The fraction of sp³-hybridized carbons (Fsp3) is 0.286. The number of nitrogens with zero attached hydrogens (tertiary/aromatic N) is 1. The van der Waals surface area contributed by atoms with E-state index in [1.165, 1.54) is 0 Å². The Morgan fingerprint density at radius 3 is 2.67 bits per heavy atom. The molecule has 66 valence electrons. The summed E-state index contributed by atoms with van der Waals surface area (Å²) in [5.41, 5.74) is 6.08. The molecule has 0 radical (unpaired) electrons. The minimum absolute atomic E-state index is 0.137. The van der Waals surface area contributed by atoms with Crippen molar-refractivity contribution < 1.29 is 8.78 Å². The molecule has 0 fully saturated rings. The van der Waals surface area contributed by atoms with Crippen molar-refractivity contribution in [3.8, 4) is 0 Å². The Bertz CT molecular complexity index is 302. The van der Waals surface area contributed by atoms with Gasteiger partial charge in [0.15, 0.2) is 0 Å². The molecule has 2 N–H and O–H groups in total. The summed E-state index contributed by atoms with van der Waals surface area (Å²) < 4.78 is 25.0. The molecule has 12 heavy (non-hydrogen) atoms. The first-order chi connectivity index (χ1) is 5.54. The maximum absolute atomic E-state index is 12.2. The van der Waals surface area contributed by atoms with E-state index < -0.39 is 6.43 Å². The quantitative estimate of drug-likeness (QED) is 0.805. The second-order valence-electron chi connectivity index (χ2n) is 2.33. The summed E-state index contributed by atoms with van der Waals surface area (Å²) in [5.74, 6) is 0. The van der Waals surface area contributed by atoms with Crippen LogP contribution in [0.4, 0.5) is 14.5 Å². The first-order valence-electron chi connectivity index (χ1n) is 3.22. The van der Waals surface area contributed by atoms with Gasteiger partial charge < -0.3 is 5.73 Å². The number of hydrogen-bond acceptors (Lipinski definition) is 2. The van der Waals surface area contributed by atoms with Crippen LogP contribution in [-0.2, 0) is 0 Å². The molecule has 0 aliphatic heterocycles. The van der Waals surface area contributed by atoms with Crippen LogP contribution in [0, 0.1) is 10.5 Å². The van der Waals surface area contributed by atoms with Gasteiger partial charge in [-0.05, 0) is 29.5 Å². The van der Waals surface area contributed by atoms with Crippen LogP contribution >= 0.6 is 22.6 Å². The zero-order valence-electron chi connectivity index (χ0n) is 6.31. The van der Waals surface area contributed by atoms with Gasteiger partial charge in [-0.1, -0.05) is 0 Å². The molecule has 1 aromatic heterocycles. The summed E-state index contributed by atoms with van der Waals surface area (Å²) in [4.78, 5) is 3.79. The lowest BCUT2D eigenvalue weighted by molar-refractivity contribution is 0.151. The lowest BCUT2D eigenvalue weighted by Crippen LogP contribution is -2.01. The number of hydrogen-bond donors (Lipinski definition) is 1. The highest BCUT2D eigenvalue weighted by atomic mass is 127. The van der Waals surface area contributed by atoms with Crippen molar-refractivity contribution in [3.05, 3.63) is 21.0 Å². The van der Waals surface area contributed by atoms with E-state index in [1.54, 1.807) is 6.92 Å². The molecule has 0 aliphatic rings. The van der Waals surface area contributed by atoms with Gasteiger partial charge in [0, 0.05) is 6.20 Å². The number of aryl methyl sites for hydroxylation is 1. The molecular weight excluding hydrogens is 277 g/mol. The number of aromatic nitrogens is 1. The average Bonchev–Trinajstić information content (AvgIpc) is 2.00. The van der Waals surface area contributed by atoms with E-state index in [4.69, 9.17) is 5.73 Å². The third-order valence-electron chi connectivity index (χ3n) is 1.50. The van der Waals surface area contributed by atoms with Crippen LogP contribution in [0.2, 0.25) is 0 Å². The van der Waals surface area contributed by atoms with Gasteiger partial charge in [-0.25, -0.2) is 8.78 Å². The molecule has 0 aliphatic carbocycles. The molecule has 0 bridgehead atoms. The van der Waals surface area contributed by atoms with Crippen molar-refractivity contribution in [2.75, 3.05) is 5.73 Å². The maximum atomic E-state index is 12.2. The van der Waals surface area contributed by atoms with Gasteiger partial charge in [0.1, 0.15) is 0 Å². The molecule has 1 heterocycles. The van der Waals surface area contributed by atoms with Gasteiger partial charge in [0.2, 0.25) is 0 Å². The van der Waals surface area contributed by atoms with Crippen molar-refractivity contribution in [2.45, 2.75) is 13.3 Å². The second kappa shape index (κ2) is 3.51. The van der Waals surface area contributed by atoms with Crippen LogP contribution in [0.1, 0.15) is 17.7 Å². The second-order valence-corrected chi connectivity index (χ2v) is 3.41. The first-order valence-corrected chi connectivity index (χ1v) is 4.30. The Morgan fingerprint density at radius 1 is 1.58 bits per heavy atom. The summed E-state index contributed by atoms with van der Waals surface area (Å²) in [5, 5.41) is 0. The monoisotopic (exact) mass is 284 g/mol. The summed E-state index contributed by atoms with van der Waals surface area (Å²) in [6.07, 6.45) is -1.43. The maximum Gasteiger partial charge on any atom is 0.267 e. The minimum atomic E-state index is -2.55. The summed E-state index contributed by atoms with van der Waals surface area (Å²) in [6.45, 7) is 1.73. The highest BCUT2D eigenvalue weighted by molar-refractivity contribution is 14.1. The third-order valence-corrected chi connectivity index (χ3v) is 2.86. The number of alkyl halides is 2. The number of anilines is 1. The Labute approximate surface area is 82.3 Å². The number of halogens is 3. The first kappa shape index (κ1) is 9.63. The average molecular weight is 284 g/mol. The van der Waals surface area contributed by atoms with Crippen molar-refractivity contribution in [3.63, 3.8) is 0 Å². The number of pyridine rings is 1. The molecule has 0 spiro atoms. The van der Waals surface area contributed by atoms with Crippen LogP contribution in [-0.4, -0.2) is 4.98 Å². The molecule has 0 saturated carbocycles. The molecule has 1 aromatic rings. The number of nitrogens with two attached hydrogens (primary N) is 1. The van der Waals surface area contributed by atoms with Crippen molar-refractivity contribution in [2.24, 2.45) is 0 Å². The molecule has 0 saturated heterocycles. The van der Waals surface area contributed by atoms with Crippen molar-refractivity contribution in [1.82, 2.24) is 4.98 Å². The van der Waals surface area contributed by atoms with E-state index in [0.29, 0.717) is 9.26 Å². The third kappa shape index (κ3) is 1.65. The molecular formula is C7H7F2IN2. The van der Waals surface area contributed by atoms with E-state index >= 15 is 0 Å². The van der Waals surface area contributed by atoms with E-state index in [9.17, 15) is 8.78 Å². The van der Waals surface area contributed by atoms with Gasteiger partial charge in [-0.3, -0.25) is 4.98 Å². The largest absolute Gasteiger partial charge is 0.397 e. The lowest BCUT2D eigenvalue weighted by Gasteiger charge is -2.07. The van der Waals surface area contributed by atoms with Crippen LogP contribution < -0.4 is 5.73 Å². The van der Waals surface area contributed by atoms with E-state index in [1.807, 2.05) is 22.6 Å². The van der Waals surface area contributed by atoms with Crippen LogP contribution in [0.15, 0.2) is 6.20 Å². The molecule has 1 rings (SSSR count). The Kier molecular flexibility index (Phi) is 2.81. The summed E-state index contributed by atoms with van der Waals surface area (Å²) >= 11 is 1.91. The standard InChI is InChI=1S/C7H7F2IN2/c1-3-5(10)6(11)4(2-12-3)7(8)9/h2,7H,1H3,(H2,11,12). The zero-order valence-corrected chi connectivity index (χ0v) is 8.47. The number of nitrogen functional groups attached to an aromatic ring is 1. The van der Waals surface area contributed by atoms with Crippen LogP contribution in [0.25, 0.3) is 0 Å². The predicted molar refractivity (Wildman–Crippen MR) is 51.1 cm³/mol. The molecule has 0 atom stereocenters. The normalized spacial score (nSPS) is 10.8. The SMILES string of the molecule is Cc1ncc(C(F)F)c(N)c1I. The smallest absolute Gasteiger partial charge is 0.267 e. The fourth-order valence-corrected chi connectivity index (χ4v) is 1.24. The van der Waals surface area contributed by atoms with Gasteiger partial charge >= 0.3 is 0 Å². The topological polar surface area (TPSA) is 38.9 Å². The summed E-state index contributed by atoms with van der Waals surface area (Å²) in [6, 6.07) is 0. The zero-order chi connectivity index (χ0) is 9.30. The minimum Gasteiger partial charge on any atom is -0.397 e. The lowest BCUT2D eigenvalue weighted by atomic mass is 10.2. The molecule has 5 heteroatoms. The number of rotatable bonds is 1. The van der Waals surface area contributed by atoms with Gasteiger partial charge in [-0.2, -0.15) is 0 Å². The Morgan fingerprint density at radius 2 is 2.17 bits per heavy atom. The van der Waals surface area contributed by atoms with Gasteiger partial charge in [0.05, 0.1) is 20.5 Å². The van der Waals surface area contributed by atoms with Crippen LogP contribution in [0.5, 0.6) is 0 Å². The van der Waals surface area contributed by atoms with Gasteiger partial charge in [0.25, 0.3) is 6.43 Å². The van der Waals surface area contributed by atoms with E-state index in [-0.39, 0.29) is 11.3 Å². The Balaban J connectivity index is 3.27.